The summed E-state index contributed by atoms with van der Waals surface area (Å²) in [6.07, 6.45) is -3.26. The molecule has 1 saturated heterocycles. The highest BCUT2D eigenvalue weighted by molar-refractivity contribution is 5.72. The van der Waals surface area contributed by atoms with E-state index in [0.717, 1.165) is 12.1 Å². The smallest absolute Gasteiger partial charge is 0.416 e. The third-order valence-electron chi connectivity index (χ3n) is 3.55. The average molecular weight is 287 g/mol. The zero-order valence-corrected chi connectivity index (χ0v) is 11.0. The van der Waals surface area contributed by atoms with Gasteiger partial charge in [0, 0.05) is 6.04 Å². The van der Waals surface area contributed by atoms with E-state index in [9.17, 15) is 18.0 Å². The van der Waals surface area contributed by atoms with Gasteiger partial charge in [0.2, 0.25) is 0 Å². The van der Waals surface area contributed by atoms with Crippen LogP contribution in [0.5, 0.6) is 0 Å². The van der Waals surface area contributed by atoms with E-state index in [1.165, 1.54) is 13.2 Å². The summed E-state index contributed by atoms with van der Waals surface area (Å²) in [5, 5.41) is 3.15. The van der Waals surface area contributed by atoms with Crippen LogP contribution in [0.4, 0.5) is 13.2 Å². The van der Waals surface area contributed by atoms with E-state index < -0.39 is 11.7 Å². The van der Waals surface area contributed by atoms with Crippen LogP contribution in [-0.2, 0) is 15.7 Å². The van der Waals surface area contributed by atoms with Crippen molar-refractivity contribution in [1.82, 2.24) is 5.32 Å². The van der Waals surface area contributed by atoms with Gasteiger partial charge in [0.05, 0.1) is 18.6 Å². The normalized spacial score (nSPS) is 23.4. The molecule has 2 rings (SSSR count). The molecule has 1 aliphatic heterocycles. The molecule has 0 aromatic heterocycles. The van der Waals surface area contributed by atoms with Crippen LogP contribution in [0.3, 0.4) is 0 Å². The fraction of sp³-hybridized carbons (Fsp3) is 0.500. The molecule has 0 radical (unpaired) electrons. The Hall–Kier alpha value is -1.56. The molecule has 6 heteroatoms. The molecule has 20 heavy (non-hydrogen) atoms. The van der Waals surface area contributed by atoms with Gasteiger partial charge in [-0.15, -0.1) is 0 Å². The van der Waals surface area contributed by atoms with Crippen LogP contribution in [0.15, 0.2) is 24.3 Å². The molecule has 0 bridgehead atoms. The molecular weight excluding hydrogens is 271 g/mol. The van der Waals surface area contributed by atoms with Gasteiger partial charge in [-0.05, 0) is 37.1 Å². The van der Waals surface area contributed by atoms with Gasteiger partial charge in [0.25, 0.3) is 0 Å². The van der Waals surface area contributed by atoms with Crippen LogP contribution in [0, 0.1) is 5.92 Å². The van der Waals surface area contributed by atoms with Crippen molar-refractivity contribution in [3.8, 4) is 0 Å². The predicted molar refractivity (Wildman–Crippen MR) is 66.9 cm³/mol. The lowest BCUT2D eigenvalue weighted by Crippen LogP contribution is -2.35. The van der Waals surface area contributed by atoms with Crippen LogP contribution in [0.25, 0.3) is 0 Å². The average Bonchev–Trinajstić information content (AvgIpc) is 2.46. The fourth-order valence-electron chi connectivity index (χ4n) is 2.48. The molecule has 0 aliphatic carbocycles. The lowest BCUT2D eigenvalue weighted by Gasteiger charge is -2.29. The van der Waals surface area contributed by atoms with E-state index in [2.05, 4.69) is 5.32 Å². The lowest BCUT2D eigenvalue weighted by molar-refractivity contribution is -0.146. The molecule has 0 saturated carbocycles. The van der Waals surface area contributed by atoms with Crippen LogP contribution in [-0.4, -0.2) is 19.6 Å². The van der Waals surface area contributed by atoms with Crippen molar-refractivity contribution >= 4 is 5.97 Å². The molecule has 0 amide bonds. The molecule has 110 valence electrons. The highest BCUT2D eigenvalue weighted by Gasteiger charge is 2.32. The quantitative estimate of drug-likeness (QED) is 0.850. The van der Waals surface area contributed by atoms with Crippen LogP contribution < -0.4 is 5.32 Å². The second-order valence-electron chi connectivity index (χ2n) is 4.87. The first-order chi connectivity index (χ1) is 9.41. The van der Waals surface area contributed by atoms with E-state index in [1.807, 2.05) is 0 Å². The minimum atomic E-state index is -4.35. The van der Waals surface area contributed by atoms with Gasteiger partial charge < -0.3 is 10.1 Å². The summed E-state index contributed by atoms with van der Waals surface area (Å²) in [5.74, 6) is -0.565. The number of methoxy groups -OCH3 is 1. The van der Waals surface area contributed by atoms with Crippen molar-refractivity contribution in [2.75, 3.05) is 13.7 Å². The minimum Gasteiger partial charge on any atom is -0.469 e. The molecule has 1 heterocycles. The standard InChI is InChI=1S/C14H16F3NO2/c1-20-13(19)10-5-6-18-12(8-10)9-3-2-4-11(7-9)14(15,16)17/h2-4,7,10,12,18H,5-6,8H2,1H3. The maximum Gasteiger partial charge on any atom is 0.416 e. The number of hydrogen-bond acceptors (Lipinski definition) is 3. The van der Waals surface area contributed by atoms with Crippen molar-refractivity contribution in [2.45, 2.75) is 25.1 Å². The number of ether oxygens (including phenoxy) is 1. The second-order valence-corrected chi connectivity index (χ2v) is 4.87. The molecule has 1 aromatic carbocycles. The van der Waals surface area contributed by atoms with Gasteiger partial charge in [-0.1, -0.05) is 12.1 Å². The number of halogens is 3. The van der Waals surface area contributed by atoms with E-state index in [1.54, 1.807) is 6.07 Å². The first kappa shape index (κ1) is 14.8. The van der Waals surface area contributed by atoms with Crippen LogP contribution in [0.1, 0.15) is 30.0 Å². The summed E-state index contributed by atoms with van der Waals surface area (Å²) in [4.78, 5) is 11.5. The molecule has 0 spiro atoms. The van der Waals surface area contributed by atoms with Gasteiger partial charge >= 0.3 is 12.1 Å². The third kappa shape index (κ3) is 3.30. The van der Waals surface area contributed by atoms with Gasteiger partial charge in [0.15, 0.2) is 0 Å². The molecule has 1 aliphatic rings. The number of carbonyl (C=O) groups excluding carboxylic acids is 1. The number of alkyl halides is 3. The minimum absolute atomic E-state index is 0.254. The molecule has 2 unspecified atom stereocenters. The first-order valence-electron chi connectivity index (χ1n) is 6.40. The fourth-order valence-corrected chi connectivity index (χ4v) is 2.48. The second kappa shape index (κ2) is 5.83. The number of piperidine rings is 1. The summed E-state index contributed by atoms with van der Waals surface area (Å²) >= 11 is 0. The van der Waals surface area contributed by atoms with E-state index >= 15 is 0 Å². The van der Waals surface area contributed by atoms with Crippen molar-refractivity contribution in [3.05, 3.63) is 35.4 Å². The Morgan fingerprint density at radius 3 is 2.80 bits per heavy atom. The summed E-state index contributed by atoms with van der Waals surface area (Å²) in [7, 11) is 1.32. The highest BCUT2D eigenvalue weighted by atomic mass is 19.4. The van der Waals surface area contributed by atoms with Crippen molar-refractivity contribution in [3.63, 3.8) is 0 Å². The van der Waals surface area contributed by atoms with Gasteiger partial charge in [-0.3, -0.25) is 4.79 Å². The zero-order chi connectivity index (χ0) is 14.8. The largest absolute Gasteiger partial charge is 0.469 e. The third-order valence-corrected chi connectivity index (χ3v) is 3.55. The Morgan fingerprint density at radius 1 is 1.40 bits per heavy atom. The van der Waals surface area contributed by atoms with E-state index in [4.69, 9.17) is 4.74 Å². The van der Waals surface area contributed by atoms with Gasteiger partial charge in [-0.2, -0.15) is 13.2 Å². The Morgan fingerprint density at radius 2 is 2.15 bits per heavy atom. The van der Waals surface area contributed by atoms with E-state index in [-0.39, 0.29) is 17.9 Å². The number of benzene rings is 1. The van der Waals surface area contributed by atoms with Crippen molar-refractivity contribution in [2.24, 2.45) is 5.92 Å². The number of hydrogen-bond donors (Lipinski definition) is 1. The molecule has 3 nitrogen and oxygen atoms in total. The van der Waals surface area contributed by atoms with Crippen molar-refractivity contribution in [1.29, 1.82) is 0 Å². The molecule has 1 aromatic rings. The Labute approximate surface area is 115 Å². The van der Waals surface area contributed by atoms with Gasteiger partial charge in [-0.25, -0.2) is 0 Å². The SMILES string of the molecule is COC(=O)C1CCNC(c2cccc(C(F)(F)F)c2)C1. The summed E-state index contributed by atoms with van der Waals surface area (Å²) in [6.45, 7) is 0.584. The predicted octanol–water partition coefficient (Wildman–Crippen LogP) is 2.92. The maximum absolute atomic E-state index is 12.7. The van der Waals surface area contributed by atoms with Crippen LogP contribution in [0.2, 0.25) is 0 Å². The molecule has 1 fully saturated rings. The number of carbonyl (C=O) groups is 1. The number of rotatable bonds is 2. The van der Waals surface area contributed by atoms with Crippen molar-refractivity contribution < 1.29 is 22.7 Å². The summed E-state index contributed by atoms with van der Waals surface area (Å²) in [6, 6.07) is 4.96. The molecule has 1 N–H and O–H groups in total. The van der Waals surface area contributed by atoms with Gasteiger partial charge in [0.1, 0.15) is 0 Å². The molecular formula is C14H16F3NO2. The monoisotopic (exact) mass is 287 g/mol. The van der Waals surface area contributed by atoms with E-state index in [0.29, 0.717) is 24.9 Å². The highest BCUT2D eigenvalue weighted by Crippen LogP contribution is 2.33. The number of nitrogens with one attached hydrogen (secondary N) is 1. The lowest BCUT2D eigenvalue weighted by atomic mass is 9.88. The molecule has 2 atom stereocenters. The Bertz CT molecular complexity index is 488. The topological polar surface area (TPSA) is 38.3 Å². The van der Waals surface area contributed by atoms with Crippen LogP contribution >= 0.6 is 0 Å². The Balaban J connectivity index is 2.17. The maximum atomic E-state index is 12.7. The summed E-state index contributed by atoms with van der Waals surface area (Å²) in [5.41, 5.74) is -0.120. The first-order valence-corrected chi connectivity index (χ1v) is 6.40. The number of esters is 1. The summed E-state index contributed by atoms with van der Waals surface area (Å²) < 4.78 is 42.8. The Kier molecular flexibility index (Phi) is 4.32. The zero-order valence-electron chi connectivity index (χ0n) is 11.0.